The van der Waals surface area contributed by atoms with Gasteiger partial charge in [0.2, 0.25) is 0 Å². The second kappa shape index (κ2) is 2.14. The maximum Gasteiger partial charge on any atom is 0.197 e. The van der Waals surface area contributed by atoms with Crippen molar-refractivity contribution in [3.8, 4) is 0 Å². The zero-order valence-electron chi connectivity index (χ0n) is 5.01. The average molecular weight is 141 g/mol. The van der Waals surface area contributed by atoms with E-state index in [1.165, 1.54) is 0 Å². The fraction of sp³-hybridized carbons (Fsp3) is 0.200. The molecule has 4 heteroatoms. The molecule has 3 nitrogen and oxygen atoms in total. The molecule has 0 aliphatic carbocycles. The van der Waals surface area contributed by atoms with Crippen molar-refractivity contribution in [3.05, 3.63) is 16.7 Å². The number of aromatic amines is 1. The summed E-state index contributed by atoms with van der Waals surface area (Å²) in [7, 11) is 0. The van der Waals surface area contributed by atoms with Crippen LogP contribution in [0.1, 0.15) is 5.69 Å². The lowest BCUT2D eigenvalue weighted by atomic mass is 10.4. The van der Waals surface area contributed by atoms with Gasteiger partial charge in [-0.15, -0.1) is 0 Å². The fourth-order valence-corrected chi connectivity index (χ4v) is 0.696. The molecule has 0 aromatic carbocycles. The highest BCUT2D eigenvalue weighted by Crippen LogP contribution is 2.01. The highest BCUT2D eigenvalue weighted by molar-refractivity contribution is 7.71. The summed E-state index contributed by atoms with van der Waals surface area (Å²) in [5.74, 6) is 0. The number of aromatic nitrogens is 2. The molecule has 1 rings (SSSR count). The van der Waals surface area contributed by atoms with E-state index in [1.54, 1.807) is 6.20 Å². The summed E-state index contributed by atoms with van der Waals surface area (Å²) in [6, 6.07) is 0. The van der Waals surface area contributed by atoms with Gasteiger partial charge in [0.25, 0.3) is 0 Å². The largest absolute Gasteiger partial charge is 0.396 e. The Morgan fingerprint density at radius 2 is 2.44 bits per heavy atom. The normalized spacial score (nSPS) is 9.44. The average Bonchev–Trinajstić information content (AvgIpc) is 1.80. The SMILES string of the molecule is Cc1[nH]c(=S)ncc1N. The molecule has 0 saturated heterocycles. The van der Waals surface area contributed by atoms with Crippen molar-refractivity contribution in [3.63, 3.8) is 0 Å². The van der Waals surface area contributed by atoms with Crippen LogP contribution in [0.15, 0.2) is 6.20 Å². The molecular formula is C5H7N3S. The summed E-state index contributed by atoms with van der Waals surface area (Å²) < 4.78 is 0.474. The van der Waals surface area contributed by atoms with Gasteiger partial charge in [0, 0.05) is 5.69 Å². The van der Waals surface area contributed by atoms with Crippen molar-refractivity contribution in [1.82, 2.24) is 9.97 Å². The topological polar surface area (TPSA) is 54.7 Å². The second-order valence-electron chi connectivity index (χ2n) is 1.77. The quantitative estimate of drug-likeness (QED) is 0.530. The molecule has 1 aromatic heterocycles. The highest BCUT2D eigenvalue weighted by atomic mass is 32.1. The van der Waals surface area contributed by atoms with Gasteiger partial charge in [-0.05, 0) is 19.1 Å². The number of aryl methyl sites for hydroxylation is 1. The van der Waals surface area contributed by atoms with Gasteiger partial charge in [-0.2, -0.15) is 0 Å². The molecule has 1 heterocycles. The molecule has 48 valence electrons. The Labute approximate surface area is 57.9 Å². The van der Waals surface area contributed by atoms with Crippen LogP contribution in [0.3, 0.4) is 0 Å². The second-order valence-corrected chi connectivity index (χ2v) is 2.16. The monoisotopic (exact) mass is 141 g/mol. The Bertz CT molecular complexity index is 265. The summed E-state index contributed by atoms with van der Waals surface area (Å²) in [4.78, 5) is 6.59. The Hall–Kier alpha value is -0.900. The maximum atomic E-state index is 5.45. The number of anilines is 1. The molecule has 9 heavy (non-hydrogen) atoms. The van der Waals surface area contributed by atoms with Crippen molar-refractivity contribution in [2.45, 2.75) is 6.92 Å². The van der Waals surface area contributed by atoms with Gasteiger partial charge in [-0.1, -0.05) is 0 Å². The van der Waals surface area contributed by atoms with Crippen LogP contribution in [-0.2, 0) is 0 Å². The minimum Gasteiger partial charge on any atom is -0.396 e. The van der Waals surface area contributed by atoms with Gasteiger partial charge >= 0.3 is 0 Å². The molecule has 0 bridgehead atoms. The molecule has 3 N–H and O–H groups in total. The number of nitrogens with one attached hydrogen (secondary N) is 1. The molecule has 1 aromatic rings. The molecule has 0 atom stereocenters. The van der Waals surface area contributed by atoms with Crippen LogP contribution in [0.2, 0.25) is 0 Å². The lowest BCUT2D eigenvalue weighted by molar-refractivity contribution is 1.08. The van der Waals surface area contributed by atoms with Gasteiger partial charge in [0.1, 0.15) is 0 Å². The summed E-state index contributed by atoms with van der Waals surface area (Å²) in [5, 5.41) is 0. The minimum absolute atomic E-state index is 0.474. The van der Waals surface area contributed by atoms with Gasteiger partial charge in [0.15, 0.2) is 4.77 Å². The van der Waals surface area contributed by atoms with Crippen LogP contribution in [0.5, 0.6) is 0 Å². The molecule has 0 spiro atoms. The van der Waals surface area contributed by atoms with Crippen molar-refractivity contribution in [2.24, 2.45) is 0 Å². The van der Waals surface area contributed by atoms with E-state index in [0.29, 0.717) is 10.5 Å². The van der Waals surface area contributed by atoms with E-state index in [-0.39, 0.29) is 0 Å². The molecule has 0 aliphatic heterocycles. The van der Waals surface area contributed by atoms with E-state index < -0.39 is 0 Å². The summed E-state index contributed by atoms with van der Waals surface area (Å²) in [5.41, 5.74) is 6.96. The maximum absolute atomic E-state index is 5.45. The minimum atomic E-state index is 0.474. The van der Waals surface area contributed by atoms with Crippen molar-refractivity contribution >= 4 is 17.9 Å². The lowest BCUT2D eigenvalue weighted by Gasteiger charge is -1.95. The lowest BCUT2D eigenvalue weighted by Crippen LogP contribution is -1.93. The van der Waals surface area contributed by atoms with Gasteiger partial charge in [-0.3, -0.25) is 0 Å². The van der Waals surface area contributed by atoms with E-state index >= 15 is 0 Å². The van der Waals surface area contributed by atoms with Gasteiger partial charge < -0.3 is 10.7 Å². The number of rotatable bonds is 0. The number of hydrogen-bond acceptors (Lipinski definition) is 3. The molecule has 0 amide bonds. The van der Waals surface area contributed by atoms with Crippen molar-refractivity contribution in [2.75, 3.05) is 5.73 Å². The Morgan fingerprint density at radius 3 is 2.89 bits per heavy atom. The molecule has 0 aliphatic rings. The predicted octanol–water partition coefficient (Wildman–Crippen LogP) is 1.03. The zero-order chi connectivity index (χ0) is 6.85. The van der Waals surface area contributed by atoms with E-state index in [2.05, 4.69) is 9.97 Å². The van der Waals surface area contributed by atoms with Crippen molar-refractivity contribution in [1.29, 1.82) is 0 Å². The third-order valence-electron chi connectivity index (χ3n) is 1.05. The van der Waals surface area contributed by atoms with Gasteiger partial charge in [0.05, 0.1) is 11.9 Å². The third kappa shape index (κ3) is 1.26. The van der Waals surface area contributed by atoms with E-state index in [9.17, 15) is 0 Å². The van der Waals surface area contributed by atoms with Crippen LogP contribution in [-0.4, -0.2) is 9.97 Å². The smallest absolute Gasteiger partial charge is 0.197 e. The summed E-state index contributed by atoms with van der Waals surface area (Å²) in [6.07, 6.45) is 1.55. The van der Waals surface area contributed by atoms with Crippen LogP contribution in [0.4, 0.5) is 5.69 Å². The molecule has 0 radical (unpaired) electrons. The predicted molar refractivity (Wildman–Crippen MR) is 38.6 cm³/mol. The molecule has 0 fully saturated rings. The van der Waals surface area contributed by atoms with Crippen LogP contribution < -0.4 is 5.73 Å². The Kier molecular flexibility index (Phi) is 1.48. The van der Waals surface area contributed by atoms with E-state index in [4.69, 9.17) is 18.0 Å². The van der Waals surface area contributed by atoms with Crippen LogP contribution in [0.25, 0.3) is 0 Å². The van der Waals surface area contributed by atoms with Crippen LogP contribution >= 0.6 is 12.2 Å². The highest BCUT2D eigenvalue weighted by Gasteiger charge is 1.88. The number of hydrogen-bond donors (Lipinski definition) is 2. The van der Waals surface area contributed by atoms with E-state index in [0.717, 1.165) is 5.69 Å². The first kappa shape index (κ1) is 6.22. The first-order chi connectivity index (χ1) is 4.20. The van der Waals surface area contributed by atoms with Gasteiger partial charge in [-0.25, -0.2) is 4.98 Å². The summed E-state index contributed by atoms with van der Waals surface area (Å²) >= 11 is 4.74. The number of nitrogens with zero attached hydrogens (tertiary/aromatic N) is 1. The first-order valence-electron chi connectivity index (χ1n) is 2.51. The summed E-state index contributed by atoms with van der Waals surface area (Å²) in [6.45, 7) is 1.85. The standard InChI is InChI=1S/C5H7N3S/c1-3-4(6)2-7-5(9)8-3/h2H,6H2,1H3,(H,7,8,9). The Morgan fingerprint density at radius 1 is 1.78 bits per heavy atom. The molecular weight excluding hydrogens is 134 g/mol. The number of nitrogen functional groups attached to an aromatic ring is 1. The fourth-order valence-electron chi connectivity index (χ4n) is 0.490. The van der Waals surface area contributed by atoms with E-state index in [1.807, 2.05) is 6.92 Å². The number of H-pyrrole nitrogens is 1. The molecule has 0 unspecified atom stereocenters. The van der Waals surface area contributed by atoms with Crippen LogP contribution in [0, 0.1) is 11.7 Å². The molecule has 0 saturated carbocycles. The zero-order valence-corrected chi connectivity index (χ0v) is 5.83. The van der Waals surface area contributed by atoms with Crippen molar-refractivity contribution < 1.29 is 0 Å². The Balaban J connectivity index is 3.34. The third-order valence-corrected chi connectivity index (χ3v) is 1.26. The number of nitrogens with two attached hydrogens (primary N) is 1. The first-order valence-corrected chi connectivity index (χ1v) is 2.92.